The fourth-order valence-electron chi connectivity index (χ4n) is 1.57. The van der Waals surface area contributed by atoms with Gasteiger partial charge in [-0.05, 0) is 47.2 Å². The first-order valence-electron chi connectivity index (χ1n) is 5.55. The molecule has 0 unspecified atom stereocenters. The predicted molar refractivity (Wildman–Crippen MR) is 71.4 cm³/mol. The molecule has 0 bridgehead atoms. The molecular formula is C12H12F4INO. The molecule has 0 fully saturated rings. The number of carbonyl (C=O) groups is 1. The molecule has 1 aromatic carbocycles. The summed E-state index contributed by atoms with van der Waals surface area (Å²) in [5.41, 5.74) is 0.0831. The molecule has 0 aliphatic rings. The third-order valence-electron chi connectivity index (χ3n) is 2.31. The van der Waals surface area contributed by atoms with Crippen LogP contribution in [0.2, 0.25) is 0 Å². The normalized spacial score (nSPS) is 11.5. The van der Waals surface area contributed by atoms with E-state index in [1.165, 1.54) is 6.07 Å². The molecule has 0 spiro atoms. The van der Waals surface area contributed by atoms with E-state index in [4.69, 9.17) is 0 Å². The summed E-state index contributed by atoms with van der Waals surface area (Å²) < 4.78 is 50.5. The molecule has 0 aromatic heterocycles. The Balaban J connectivity index is 2.99. The number of amides is 1. The second kappa shape index (κ2) is 6.53. The van der Waals surface area contributed by atoms with E-state index < -0.39 is 24.4 Å². The third-order valence-corrected chi connectivity index (χ3v) is 3.20. The zero-order chi connectivity index (χ0) is 14.6. The number of nitrogens with zero attached hydrogens (tertiary/aromatic N) is 1. The van der Waals surface area contributed by atoms with Crippen LogP contribution in [0.3, 0.4) is 0 Å². The fourth-order valence-corrected chi connectivity index (χ4v) is 2.28. The Morgan fingerprint density at radius 2 is 2.00 bits per heavy atom. The molecule has 2 nitrogen and oxygen atoms in total. The van der Waals surface area contributed by atoms with E-state index >= 15 is 0 Å². The summed E-state index contributed by atoms with van der Waals surface area (Å²) in [6.07, 6.45) is -4.03. The second-order valence-electron chi connectivity index (χ2n) is 3.97. The van der Waals surface area contributed by atoms with E-state index in [9.17, 15) is 22.4 Å². The van der Waals surface area contributed by atoms with Crippen molar-refractivity contribution in [1.29, 1.82) is 0 Å². The molecule has 0 saturated heterocycles. The van der Waals surface area contributed by atoms with Crippen molar-refractivity contribution in [2.45, 2.75) is 19.5 Å². The quantitative estimate of drug-likeness (QED) is 0.566. The first-order valence-corrected chi connectivity index (χ1v) is 6.63. The minimum Gasteiger partial charge on any atom is -0.330 e. The van der Waals surface area contributed by atoms with Crippen molar-refractivity contribution in [2.24, 2.45) is 0 Å². The van der Waals surface area contributed by atoms with E-state index in [2.05, 4.69) is 0 Å². The van der Waals surface area contributed by atoms with Crippen LogP contribution in [-0.4, -0.2) is 30.1 Å². The summed E-state index contributed by atoms with van der Waals surface area (Å²) in [6.45, 7) is 0.394. The lowest BCUT2D eigenvalue weighted by Gasteiger charge is -2.24. The smallest absolute Gasteiger partial charge is 0.330 e. The maximum absolute atomic E-state index is 12.9. The van der Waals surface area contributed by atoms with Crippen LogP contribution in [0.5, 0.6) is 0 Å². The molecule has 0 radical (unpaired) electrons. The van der Waals surface area contributed by atoms with Crippen LogP contribution >= 0.6 is 22.6 Å². The lowest BCUT2D eigenvalue weighted by molar-refractivity contribution is -0.140. The fraction of sp³-hybridized carbons (Fsp3) is 0.417. The largest absolute Gasteiger partial charge is 0.406 e. The van der Waals surface area contributed by atoms with Gasteiger partial charge in [0, 0.05) is 10.1 Å². The lowest BCUT2D eigenvalue weighted by atomic mass is 10.2. The highest BCUT2D eigenvalue weighted by molar-refractivity contribution is 14.1. The average molecular weight is 389 g/mol. The zero-order valence-electron chi connectivity index (χ0n) is 10.1. The number of alkyl halides is 3. The summed E-state index contributed by atoms with van der Waals surface area (Å²) in [7, 11) is 0. The Hall–Kier alpha value is -0.860. The topological polar surface area (TPSA) is 20.3 Å². The van der Waals surface area contributed by atoms with E-state index in [1.807, 2.05) is 0 Å². The SMILES string of the molecule is CCCN(CC(F)(F)F)C(=O)c1ccc(F)cc1I. The van der Waals surface area contributed by atoms with Gasteiger partial charge in [0.2, 0.25) is 0 Å². The van der Waals surface area contributed by atoms with Crippen LogP contribution in [0.15, 0.2) is 18.2 Å². The zero-order valence-corrected chi connectivity index (χ0v) is 12.3. The summed E-state index contributed by atoms with van der Waals surface area (Å²) in [5, 5.41) is 0. The number of benzene rings is 1. The highest BCUT2D eigenvalue weighted by atomic mass is 127. The number of rotatable bonds is 4. The van der Waals surface area contributed by atoms with Gasteiger partial charge in [-0.25, -0.2) is 4.39 Å². The van der Waals surface area contributed by atoms with Gasteiger partial charge in [-0.15, -0.1) is 0 Å². The predicted octanol–water partition coefficient (Wildman–Crippen LogP) is 3.84. The average Bonchev–Trinajstić information content (AvgIpc) is 2.26. The number of carbonyl (C=O) groups excluding carboxylic acids is 1. The Labute approximate surface area is 121 Å². The van der Waals surface area contributed by atoms with Gasteiger partial charge in [0.15, 0.2) is 0 Å². The first-order chi connectivity index (χ1) is 8.74. The Morgan fingerprint density at radius 1 is 1.37 bits per heavy atom. The van der Waals surface area contributed by atoms with Gasteiger partial charge in [0.05, 0.1) is 5.56 Å². The number of halogens is 5. The molecule has 1 rings (SSSR count). The Kier molecular flexibility index (Phi) is 5.57. The molecule has 0 aliphatic carbocycles. The summed E-state index contributed by atoms with van der Waals surface area (Å²) >= 11 is 1.73. The van der Waals surface area contributed by atoms with E-state index in [0.29, 0.717) is 9.99 Å². The molecular weight excluding hydrogens is 377 g/mol. The molecule has 1 aromatic rings. The van der Waals surface area contributed by atoms with E-state index in [1.54, 1.807) is 29.5 Å². The monoisotopic (exact) mass is 389 g/mol. The molecule has 19 heavy (non-hydrogen) atoms. The van der Waals surface area contributed by atoms with E-state index in [0.717, 1.165) is 17.0 Å². The van der Waals surface area contributed by atoms with Crippen molar-refractivity contribution in [3.05, 3.63) is 33.1 Å². The minimum atomic E-state index is -4.45. The van der Waals surface area contributed by atoms with Gasteiger partial charge in [-0.1, -0.05) is 6.92 Å². The van der Waals surface area contributed by atoms with Crippen LogP contribution in [0.4, 0.5) is 17.6 Å². The van der Waals surface area contributed by atoms with Crippen molar-refractivity contribution in [3.63, 3.8) is 0 Å². The maximum Gasteiger partial charge on any atom is 0.406 e. The molecule has 0 heterocycles. The molecule has 1 amide bonds. The molecule has 0 aliphatic heterocycles. The van der Waals surface area contributed by atoms with Crippen LogP contribution in [-0.2, 0) is 0 Å². The van der Waals surface area contributed by atoms with E-state index in [-0.39, 0.29) is 12.1 Å². The molecule has 0 saturated carbocycles. The molecule has 0 N–H and O–H groups in total. The third kappa shape index (κ3) is 4.96. The van der Waals surface area contributed by atoms with Gasteiger partial charge in [-0.2, -0.15) is 13.2 Å². The molecule has 0 atom stereocenters. The van der Waals surface area contributed by atoms with Crippen molar-refractivity contribution in [3.8, 4) is 0 Å². The summed E-state index contributed by atoms with van der Waals surface area (Å²) in [6, 6.07) is 3.39. The molecule has 7 heteroatoms. The van der Waals surface area contributed by atoms with Crippen molar-refractivity contribution >= 4 is 28.5 Å². The molecule has 106 valence electrons. The number of hydrogen-bond acceptors (Lipinski definition) is 1. The standard InChI is InChI=1S/C12H12F4INO/c1-2-5-18(7-12(14,15)16)11(19)9-4-3-8(13)6-10(9)17/h3-4,6H,2,5,7H2,1H3. The second-order valence-corrected chi connectivity index (χ2v) is 5.13. The maximum atomic E-state index is 12.9. The van der Waals surface area contributed by atoms with Crippen LogP contribution in [0.1, 0.15) is 23.7 Å². The van der Waals surface area contributed by atoms with Crippen LogP contribution in [0, 0.1) is 9.39 Å². The minimum absolute atomic E-state index is 0.00575. The van der Waals surface area contributed by atoms with Gasteiger partial charge < -0.3 is 4.90 Å². The Bertz CT molecular complexity index is 462. The summed E-state index contributed by atoms with van der Waals surface area (Å²) in [5.74, 6) is -1.26. The highest BCUT2D eigenvalue weighted by Gasteiger charge is 2.33. The number of hydrogen-bond donors (Lipinski definition) is 0. The lowest BCUT2D eigenvalue weighted by Crippen LogP contribution is -2.39. The first kappa shape index (κ1) is 16.2. The van der Waals surface area contributed by atoms with Gasteiger partial charge in [0.1, 0.15) is 12.4 Å². The Morgan fingerprint density at radius 3 is 2.47 bits per heavy atom. The highest BCUT2D eigenvalue weighted by Crippen LogP contribution is 2.21. The van der Waals surface area contributed by atoms with Crippen LogP contribution in [0.25, 0.3) is 0 Å². The summed E-state index contributed by atoms with van der Waals surface area (Å²) in [4.78, 5) is 12.8. The van der Waals surface area contributed by atoms with Crippen LogP contribution < -0.4 is 0 Å². The van der Waals surface area contributed by atoms with Crippen molar-refractivity contribution in [2.75, 3.05) is 13.1 Å². The van der Waals surface area contributed by atoms with Crippen molar-refractivity contribution < 1.29 is 22.4 Å². The van der Waals surface area contributed by atoms with Gasteiger partial charge in [0.25, 0.3) is 5.91 Å². The van der Waals surface area contributed by atoms with Crippen molar-refractivity contribution in [1.82, 2.24) is 4.90 Å². The van der Waals surface area contributed by atoms with Gasteiger partial charge in [-0.3, -0.25) is 4.79 Å². The van der Waals surface area contributed by atoms with Gasteiger partial charge >= 0.3 is 6.18 Å².